The van der Waals surface area contributed by atoms with Gasteiger partial charge in [0, 0.05) is 39.5 Å². The van der Waals surface area contributed by atoms with E-state index in [1.807, 2.05) is 0 Å². The standard InChI is InChI=1S/C82H62N2/c1-57-24-22-39-78-80(57)73-53-52-70(54-79(73)82(78,2)3)84(66-35-20-9-21-36-66)69-48-42-63(43-49-69)77-56-74(60-29-14-6-15-30-60)76(55-75(77)61-31-16-7-17-32-61)62-40-46-67(47-41-62)83(65-33-18-8-19-34-65)68-50-44-64(45-51-68)81-71(58-25-10-4-11-26-58)37-23-38-72(81)59-27-12-5-13-28-59/h4-56H,1-3H3. The third-order valence-electron chi connectivity index (χ3n) is 17.0. The summed E-state index contributed by atoms with van der Waals surface area (Å²) in [4.78, 5) is 4.76. The molecule has 0 saturated carbocycles. The van der Waals surface area contributed by atoms with E-state index in [4.69, 9.17) is 0 Å². The molecule has 400 valence electrons. The Balaban J connectivity index is 0.850. The molecule has 0 heterocycles. The number of benzene rings is 13. The van der Waals surface area contributed by atoms with Gasteiger partial charge in [-0.05, 0) is 198 Å². The van der Waals surface area contributed by atoms with Crippen LogP contribution >= 0.6 is 0 Å². The van der Waals surface area contributed by atoms with Crippen LogP contribution < -0.4 is 9.80 Å². The van der Waals surface area contributed by atoms with Crippen LogP contribution in [0.4, 0.5) is 34.1 Å². The van der Waals surface area contributed by atoms with Crippen molar-refractivity contribution < 1.29 is 0 Å². The fraction of sp³-hybridized carbons (Fsp3) is 0.0488. The molecule has 0 bridgehead atoms. The topological polar surface area (TPSA) is 6.48 Å². The van der Waals surface area contributed by atoms with Crippen molar-refractivity contribution in [1.29, 1.82) is 0 Å². The van der Waals surface area contributed by atoms with Gasteiger partial charge >= 0.3 is 0 Å². The molecule has 0 atom stereocenters. The van der Waals surface area contributed by atoms with Crippen molar-refractivity contribution in [3.05, 3.63) is 338 Å². The Hall–Kier alpha value is -10.5. The SMILES string of the molecule is Cc1cccc2c1-c1ccc(N(c3ccccc3)c3ccc(-c4cc(-c5ccccc5)c(-c5ccc(N(c6ccccc6)c6ccc(-c7c(-c8ccccc8)cccc7-c7ccccc7)cc6)cc5)cc4-c4ccccc4)cc3)cc1C2(C)C. The van der Waals surface area contributed by atoms with E-state index < -0.39 is 0 Å². The predicted octanol–water partition coefficient (Wildman–Crippen LogP) is 22.9. The molecule has 0 aromatic heterocycles. The summed E-state index contributed by atoms with van der Waals surface area (Å²) >= 11 is 0. The third-order valence-corrected chi connectivity index (χ3v) is 17.0. The van der Waals surface area contributed by atoms with Crippen molar-refractivity contribution in [3.63, 3.8) is 0 Å². The van der Waals surface area contributed by atoms with E-state index >= 15 is 0 Å². The molecule has 0 saturated heterocycles. The Bertz CT molecular complexity index is 4380. The van der Waals surface area contributed by atoms with E-state index in [-0.39, 0.29) is 5.41 Å². The summed E-state index contributed by atoms with van der Waals surface area (Å²) in [7, 11) is 0. The fourth-order valence-corrected chi connectivity index (χ4v) is 12.9. The van der Waals surface area contributed by atoms with Crippen LogP contribution in [0.15, 0.2) is 322 Å². The second-order valence-electron chi connectivity index (χ2n) is 22.5. The minimum absolute atomic E-state index is 0.126. The number of anilines is 6. The van der Waals surface area contributed by atoms with Gasteiger partial charge in [0.05, 0.1) is 0 Å². The first-order chi connectivity index (χ1) is 41.4. The molecule has 0 unspecified atom stereocenters. The Labute approximate surface area is 494 Å². The molecule has 1 aliphatic rings. The first-order valence-electron chi connectivity index (χ1n) is 29.2. The predicted molar refractivity (Wildman–Crippen MR) is 356 cm³/mol. The van der Waals surface area contributed by atoms with Gasteiger partial charge in [-0.15, -0.1) is 0 Å². The average molecular weight is 1080 g/mol. The molecule has 13 aromatic carbocycles. The summed E-state index contributed by atoms with van der Waals surface area (Å²) in [6.45, 7) is 6.97. The van der Waals surface area contributed by atoms with Gasteiger partial charge in [-0.25, -0.2) is 0 Å². The Morgan fingerprint density at radius 2 is 0.536 bits per heavy atom. The second kappa shape index (κ2) is 22.1. The second-order valence-corrected chi connectivity index (χ2v) is 22.5. The first kappa shape index (κ1) is 51.6. The van der Waals surface area contributed by atoms with Crippen LogP contribution in [0.3, 0.4) is 0 Å². The first-order valence-corrected chi connectivity index (χ1v) is 29.2. The van der Waals surface area contributed by atoms with E-state index in [9.17, 15) is 0 Å². The van der Waals surface area contributed by atoms with E-state index in [2.05, 4.69) is 352 Å². The monoisotopic (exact) mass is 1070 g/mol. The van der Waals surface area contributed by atoms with Gasteiger partial charge in [0.2, 0.25) is 0 Å². The zero-order chi connectivity index (χ0) is 56.6. The molecule has 0 N–H and O–H groups in total. The zero-order valence-corrected chi connectivity index (χ0v) is 47.5. The summed E-state index contributed by atoms with van der Waals surface area (Å²) in [5.74, 6) is 0. The molecule has 0 fully saturated rings. The van der Waals surface area contributed by atoms with Crippen LogP contribution in [0, 0.1) is 6.92 Å². The smallest absolute Gasteiger partial charge is 0.0465 e. The Kier molecular flexibility index (Phi) is 13.6. The van der Waals surface area contributed by atoms with Crippen LogP contribution in [0.2, 0.25) is 0 Å². The van der Waals surface area contributed by atoms with Crippen molar-refractivity contribution in [2.45, 2.75) is 26.2 Å². The summed E-state index contributed by atoms with van der Waals surface area (Å²) in [5, 5.41) is 0. The van der Waals surface area contributed by atoms with Gasteiger partial charge in [0.15, 0.2) is 0 Å². The number of hydrogen-bond donors (Lipinski definition) is 0. The van der Waals surface area contributed by atoms with Crippen molar-refractivity contribution in [3.8, 4) is 89.0 Å². The van der Waals surface area contributed by atoms with Gasteiger partial charge in [0.1, 0.15) is 0 Å². The lowest BCUT2D eigenvalue weighted by atomic mass is 9.82. The van der Waals surface area contributed by atoms with Gasteiger partial charge in [-0.3, -0.25) is 0 Å². The van der Waals surface area contributed by atoms with E-state index in [0.717, 1.165) is 61.9 Å². The van der Waals surface area contributed by atoms with Crippen LogP contribution in [0.25, 0.3) is 89.0 Å². The fourth-order valence-electron chi connectivity index (χ4n) is 12.9. The molecule has 0 spiro atoms. The van der Waals surface area contributed by atoms with Crippen molar-refractivity contribution in [1.82, 2.24) is 0 Å². The third kappa shape index (κ3) is 9.58. The van der Waals surface area contributed by atoms with E-state index in [1.165, 1.54) is 77.9 Å². The van der Waals surface area contributed by atoms with Gasteiger partial charge < -0.3 is 9.80 Å². The summed E-state index contributed by atoms with van der Waals surface area (Å²) in [6, 6.07) is 117. The van der Waals surface area contributed by atoms with Crippen LogP contribution in [-0.4, -0.2) is 0 Å². The Morgan fingerprint density at radius 1 is 0.214 bits per heavy atom. The number of hydrogen-bond acceptors (Lipinski definition) is 2. The molecule has 1 aliphatic carbocycles. The maximum atomic E-state index is 2.42. The number of rotatable bonds is 13. The molecule has 0 radical (unpaired) electrons. The molecule has 0 amide bonds. The van der Waals surface area contributed by atoms with E-state index in [1.54, 1.807) is 0 Å². The van der Waals surface area contributed by atoms with Crippen LogP contribution in [0.5, 0.6) is 0 Å². The molecule has 2 heteroatoms. The highest BCUT2D eigenvalue weighted by Crippen LogP contribution is 2.52. The van der Waals surface area contributed by atoms with Gasteiger partial charge in [-0.1, -0.05) is 250 Å². The lowest BCUT2D eigenvalue weighted by Crippen LogP contribution is -2.16. The van der Waals surface area contributed by atoms with Gasteiger partial charge in [-0.2, -0.15) is 0 Å². The van der Waals surface area contributed by atoms with Crippen molar-refractivity contribution in [2.24, 2.45) is 0 Å². The number of aryl methyl sites for hydroxylation is 1. The highest BCUT2D eigenvalue weighted by Gasteiger charge is 2.37. The van der Waals surface area contributed by atoms with Gasteiger partial charge in [0.25, 0.3) is 0 Å². The molecular weight excluding hydrogens is 1010 g/mol. The highest BCUT2D eigenvalue weighted by atomic mass is 15.1. The van der Waals surface area contributed by atoms with Crippen LogP contribution in [-0.2, 0) is 5.41 Å². The van der Waals surface area contributed by atoms with E-state index in [0.29, 0.717) is 0 Å². The molecular formula is C82H62N2. The molecule has 13 aromatic rings. The maximum absolute atomic E-state index is 2.42. The molecule has 2 nitrogen and oxygen atoms in total. The lowest BCUT2D eigenvalue weighted by Gasteiger charge is -2.28. The summed E-state index contributed by atoms with van der Waals surface area (Å²) in [6.07, 6.45) is 0. The zero-order valence-electron chi connectivity index (χ0n) is 47.5. The number of nitrogens with zero attached hydrogens (tertiary/aromatic N) is 2. The normalized spacial score (nSPS) is 12.1. The minimum Gasteiger partial charge on any atom is -0.311 e. The number of fused-ring (bicyclic) bond motifs is 3. The Morgan fingerprint density at radius 3 is 0.952 bits per heavy atom. The average Bonchev–Trinajstić information content (AvgIpc) is 4.03. The largest absolute Gasteiger partial charge is 0.311 e. The number of para-hydroxylation sites is 2. The summed E-state index contributed by atoms with van der Waals surface area (Å²) in [5.41, 5.74) is 29.7. The highest BCUT2D eigenvalue weighted by molar-refractivity contribution is 5.98. The molecule has 84 heavy (non-hydrogen) atoms. The summed E-state index contributed by atoms with van der Waals surface area (Å²) < 4.78 is 0. The molecule has 0 aliphatic heterocycles. The van der Waals surface area contributed by atoms with Crippen molar-refractivity contribution in [2.75, 3.05) is 9.80 Å². The maximum Gasteiger partial charge on any atom is 0.0465 e. The van der Waals surface area contributed by atoms with Crippen molar-refractivity contribution >= 4 is 34.1 Å². The van der Waals surface area contributed by atoms with Crippen LogP contribution in [0.1, 0.15) is 30.5 Å². The lowest BCUT2D eigenvalue weighted by molar-refractivity contribution is 0.660. The quantitative estimate of drug-likeness (QED) is 0.114. The minimum atomic E-state index is -0.126. The molecule has 14 rings (SSSR count).